The Kier molecular flexibility index (Phi) is 5.39. The summed E-state index contributed by atoms with van der Waals surface area (Å²) < 4.78 is 0. The summed E-state index contributed by atoms with van der Waals surface area (Å²) >= 11 is 0. The van der Waals surface area contributed by atoms with Crippen LogP contribution >= 0.6 is 0 Å². The van der Waals surface area contributed by atoms with Crippen molar-refractivity contribution in [2.75, 3.05) is 5.73 Å². The number of allylic oxidation sites excluding steroid dienone is 4. The quantitative estimate of drug-likeness (QED) is 0.449. The SMILES string of the molecule is CC1=C(c2cccc(-c3cc(N)c(-c4ccccc4C)c(C)c3C)c2C)CCC=C1. The zero-order valence-electron chi connectivity index (χ0n) is 18.8. The Hall–Kier alpha value is -3.06. The first-order chi connectivity index (χ1) is 14.4. The van der Waals surface area contributed by atoms with E-state index >= 15 is 0 Å². The van der Waals surface area contributed by atoms with Crippen LogP contribution in [0.4, 0.5) is 5.69 Å². The molecule has 4 rings (SSSR count). The van der Waals surface area contributed by atoms with Crippen LogP contribution in [0.3, 0.4) is 0 Å². The normalized spacial score (nSPS) is 13.8. The summed E-state index contributed by atoms with van der Waals surface area (Å²) in [4.78, 5) is 0. The molecule has 0 radical (unpaired) electrons. The van der Waals surface area contributed by atoms with E-state index in [-0.39, 0.29) is 0 Å². The van der Waals surface area contributed by atoms with Gasteiger partial charge in [-0.25, -0.2) is 0 Å². The van der Waals surface area contributed by atoms with Gasteiger partial charge in [0, 0.05) is 11.3 Å². The van der Waals surface area contributed by atoms with Crippen LogP contribution in [0.5, 0.6) is 0 Å². The summed E-state index contributed by atoms with van der Waals surface area (Å²) in [5, 5.41) is 0. The van der Waals surface area contributed by atoms with Crippen molar-refractivity contribution in [2.24, 2.45) is 0 Å². The lowest BCUT2D eigenvalue weighted by molar-refractivity contribution is 1.03. The Morgan fingerprint density at radius 1 is 0.700 bits per heavy atom. The molecule has 0 aromatic heterocycles. The maximum atomic E-state index is 6.66. The Balaban J connectivity index is 1.90. The minimum atomic E-state index is 0.850. The zero-order valence-corrected chi connectivity index (χ0v) is 18.8. The molecule has 0 bridgehead atoms. The first kappa shape index (κ1) is 20.2. The van der Waals surface area contributed by atoms with Crippen LogP contribution in [0.2, 0.25) is 0 Å². The van der Waals surface area contributed by atoms with E-state index in [2.05, 4.69) is 95.3 Å². The number of nitrogen functional groups attached to an aromatic ring is 1. The topological polar surface area (TPSA) is 26.0 Å². The Labute approximate surface area is 181 Å². The Morgan fingerprint density at radius 3 is 2.13 bits per heavy atom. The average Bonchev–Trinajstić information content (AvgIpc) is 2.73. The van der Waals surface area contributed by atoms with Crippen molar-refractivity contribution < 1.29 is 0 Å². The summed E-state index contributed by atoms with van der Waals surface area (Å²) in [5.41, 5.74) is 21.8. The van der Waals surface area contributed by atoms with Crippen LogP contribution in [0, 0.1) is 27.7 Å². The molecule has 1 aliphatic carbocycles. The van der Waals surface area contributed by atoms with Gasteiger partial charge in [-0.05, 0) is 109 Å². The van der Waals surface area contributed by atoms with Crippen LogP contribution < -0.4 is 5.73 Å². The molecule has 1 aliphatic rings. The molecule has 0 saturated carbocycles. The molecule has 0 fully saturated rings. The van der Waals surface area contributed by atoms with E-state index < -0.39 is 0 Å². The van der Waals surface area contributed by atoms with Crippen LogP contribution in [0.15, 0.2) is 66.3 Å². The number of hydrogen-bond donors (Lipinski definition) is 1. The molecule has 3 aromatic carbocycles. The highest BCUT2D eigenvalue weighted by Crippen LogP contribution is 2.41. The second kappa shape index (κ2) is 7.99. The molecular formula is C29H31N. The molecule has 152 valence electrons. The van der Waals surface area contributed by atoms with Gasteiger partial charge in [-0.2, -0.15) is 0 Å². The predicted octanol–water partition coefficient (Wildman–Crippen LogP) is 7.96. The van der Waals surface area contributed by atoms with Crippen molar-refractivity contribution in [3.63, 3.8) is 0 Å². The third kappa shape index (κ3) is 3.39. The van der Waals surface area contributed by atoms with Crippen LogP contribution in [-0.4, -0.2) is 0 Å². The molecule has 0 aliphatic heterocycles. The molecule has 30 heavy (non-hydrogen) atoms. The van der Waals surface area contributed by atoms with E-state index in [0.29, 0.717) is 0 Å². The molecule has 0 heterocycles. The van der Waals surface area contributed by atoms with E-state index in [4.69, 9.17) is 5.73 Å². The van der Waals surface area contributed by atoms with E-state index in [1.807, 2.05) is 0 Å². The van der Waals surface area contributed by atoms with Crippen molar-refractivity contribution >= 4 is 11.3 Å². The van der Waals surface area contributed by atoms with Crippen LogP contribution in [-0.2, 0) is 0 Å². The van der Waals surface area contributed by atoms with Gasteiger partial charge < -0.3 is 5.73 Å². The lowest BCUT2D eigenvalue weighted by atomic mass is 9.83. The fourth-order valence-corrected chi connectivity index (χ4v) is 4.82. The van der Waals surface area contributed by atoms with Gasteiger partial charge >= 0.3 is 0 Å². The maximum absolute atomic E-state index is 6.66. The van der Waals surface area contributed by atoms with E-state index in [0.717, 1.165) is 18.5 Å². The molecule has 0 amide bonds. The van der Waals surface area contributed by atoms with Gasteiger partial charge in [-0.15, -0.1) is 0 Å². The number of hydrogen-bond acceptors (Lipinski definition) is 1. The van der Waals surface area contributed by atoms with Crippen molar-refractivity contribution in [1.29, 1.82) is 0 Å². The van der Waals surface area contributed by atoms with Crippen molar-refractivity contribution in [2.45, 2.75) is 47.5 Å². The molecule has 3 aromatic rings. The van der Waals surface area contributed by atoms with Gasteiger partial charge in [0.25, 0.3) is 0 Å². The Morgan fingerprint density at radius 2 is 1.40 bits per heavy atom. The summed E-state index contributed by atoms with van der Waals surface area (Å²) in [6.07, 6.45) is 6.76. The van der Waals surface area contributed by atoms with Gasteiger partial charge in [0.2, 0.25) is 0 Å². The summed E-state index contributed by atoms with van der Waals surface area (Å²) in [7, 11) is 0. The lowest BCUT2D eigenvalue weighted by Crippen LogP contribution is -2.02. The Bertz CT molecular complexity index is 1190. The second-order valence-electron chi connectivity index (χ2n) is 8.53. The number of anilines is 1. The number of aryl methyl sites for hydroxylation is 1. The minimum absolute atomic E-state index is 0.850. The third-order valence-electron chi connectivity index (χ3n) is 6.70. The maximum Gasteiger partial charge on any atom is 0.0402 e. The monoisotopic (exact) mass is 393 g/mol. The van der Waals surface area contributed by atoms with E-state index in [1.54, 1.807) is 0 Å². The summed E-state index contributed by atoms with van der Waals surface area (Å²) in [5.74, 6) is 0. The number of rotatable bonds is 3. The first-order valence-corrected chi connectivity index (χ1v) is 10.8. The van der Waals surface area contributed by atoms with Crippen molar-refractivity contribution in [1.82, 2.24) is 0 Å². The lowest BCUT2D eigenvalue weighted by Gasteiger charge is -2.22. The van der Waals surface area contributed by atoms with Gasteiger partial charge in [0.15, 0.2) is 0 Å². The van der Waals surface area contributed by atoms with Gasteiger partial charge in [-0.1, -0.05) is 54.6 Å². The fourth-order valence-electron chi connectivity index (χ4n) is 4.82. The van der Waals surface area contributed by atoms with Crippen LogP contribution in [0.1, 0.15) is 47.6 Å². The highest BCUT2D eigenvalue weighted by atomic mass is 14.6. The molecule has 0 atom stereocenters. The fraction of sp³-hybridized carbons (Fsp3) is 0.241. The standard InChI is InChI=1S/C29H31N/c1-18-11-6-8-13-23(18)25-15-10-16-26(22(25)5)27-17-28(30)29(21(4)20(27)3)24-14-9-7-12-19(24)2/h6-7,9-12,14-17H,8,13,30H2,1-5H3. The van der Waals surface area contributed by atoms with Crippen LogP contribution in [0.25, 0.3) is 27.8 Å². The predicted molar refractivity (Wildman–Crippen MR) is 132 cm³/mol. The molecule has 0 unspecified atom stereocenters. The molecule has 1 nitrogen and oxygen atoms in total. The largest absolute Gasteiger partial charge is 0.398 e. The number of nitrogens with two attached hydrogens (primary N) is 1. The molecular weight excluding hydrogens is 362 g/mol. The highest BCUT2D eigenvalue weighted by Gasteiger charge is 2.18. The smallest absolute Gasteiger partial charge is 0.0402 e. The number of benzene rings is 3. The van der Waals surface area contributed by atoms with Gasteiger partial charge in [-0.3, -0.25) is 0 Å². The van der Waals surface area contributed by atoms with Crippen molar-refractivity contribution in [3.8, 4) is 22.3 Å². The molecule has 2 N–H and O–H groups in total. The molecule has 1 heteroatoms. The first-order valence-electron chi connectivity index (χ1n) is 10.8. The summed E-state index contributed by atoms with van der Waals surface area (Å²) in [6.45, 7) is 11.1. The molecule has 0 spiro atoms. The van der Waals surface area contributed by atoms with Gasteiger partial charge in [0.1, 0.15) is 0 Å². The zero-order chi connectivity index (χ0) is 21.4. The summed E-state index contributed by atoms with van der Waals surface area (Å²) in [6, 6.07) is 17.4. The third-order valence-corrected chi connectivity index (χ3v) is 6.70. The molecule has 0 saturated heterocycles. The van der Waals surface area contributed by atoms with Gasteiger partial charge in [0.05, 0.1) is 0 Å². The van der Waals surface area contributed by atoms with E-state index in [9.17, 15) is 0 Å². The van der Waals surface area contributed by atoms with E-state index in [1.165, 1.54) is 61.2 Å². The minimum Gasteiger partial charge on any atom is -0.398 e. The van der Waals surface area contributed by atoms with Crippen molar-refractivity contribution in [3.05, 3.63) is 94.1 Å². The highest BCUT2D eigenvalue weighted by molar-refractivity contribution is 5.89. The average molecular weight is 394 g/mol. The second-order valence-corrected chi connectivity index (χ2v) is 8.53.